The molecule has 1 aliphatic rings. The Morgan fingerprint density at radius 2 is 1.67 bits per heavy atom. The number of benzodiazepines with no additional fused rings is 1. The van der Waals surface area contributed by atoms with Crippen LogP contribution < -0.4 is 15.5 Å². The Hall–Kier alpha value is -3.71. The Morgan fingerprint density at radius 1 is 1.03 bits per heavy atom. The van der Waals surface area contributed by atoms with E-state index in [9.17, 15) is 14.0 Å². The fraction of sp³-hybridized carbons (Fsp3) is 0.160. The number of hydrogen-bond donors (Lipinski definition) is 2. The Kier molecular flexibility index (Phi) is 6.42. The molecule has 3 aromatic rings. The number of aliphatic imine (C=N–C) groups is 1. The maximum atomic E-state index is 14.7. The molecule has 2 atom stereocenters. The number of para-hydroxylation sites is 1. The predicted octanol–water partition coefficient (Wildman–Crippen LogP) is 4.68. The molecule has 33 heavy (non-hydrogen) atoms. The van der Waals surface area contributed by atoms with E-state index >= 15 is 0 Å². The van der Waals surface area contributed by atoms with Crippen molar-refractivity contribution in [1.82, 2.24) is 10.6 Å². The number of halogens is 2. The molecule has 1 heterocycles. The van der Waals surface area contributed by atoms with Gasteiger partial charge in [-0.3, -0.25) is 4.79 Å². The highest BCUT2D eigenvalue weighted by molar-refractivity contribution is 6.30. The molecule has 0 fully saturated rings. The minimum absolute atomic E-state index is 0.245. The van der Waals surface area contributed by atoms with Gasteiger partial charge >= 0.3 is 6.03 Å². The molecule has 1 unspecified atom stereocenters. The number of fused-ring (bicyclic) bond motifs is 1. The van der Waals surface area contributed by atoms with Gasteiger partial charge in [-0.2, -0.15) is 0 Å². The Balaban J connectivity index is 1.65. The molecule has 4 rings (SSSR count). The summed E-state index contributed by atoms with van der Waals surface area (Å²) in [7, 11) is 1.60. The summed E-state index contributed by atoms with van der Waals surface area (Å²) < 4.78 is 14.7. The van der Waals surface area contributed by atoms with Crippen molar-refractivity contribution in [2.45, 2.75) is 19.1 Å². The molecule has 0 radical (unpaired) electrons. The van der Waals surface area contributed by atoms with Gasteiger partial charge < -0.3 is 15.5 Å². The van der Waals surface area contributed by atoms with Crippen molar-refractivity contribution in [3.05, 3.63) is 100 Å². The molecular formula is C25H22ClFN4O2. The van der Waals surface area contributed by atoms with E-state index in [-0.39, 0.29) is 17.3 Å². The highest BCUT2D eigenvalue weighted by Gasteiger charge is 2.31. The van der Waals surface area contributed by atoms with Gasteiger partial charge in [0.05, 0.1) is 17.4 Å². The van der Waals surface area contributed by atoms with E-state index in [1.54, 1.807) is 61.6 Å². The summed E-state index contributed by atoms with van der Waals surface area (Å²) >= 11 is 5.93. The second-order valence-electron chi connectivity index (χ2n) is 7.67. The smallest absolute Gasteiger partial charge is 0.317 e. The van der Waals surface area contributed by atoms with Crippen LogP contribution in [0.1, 0.15) is 29.7 Å². The summed E-state index contributed by atoms with van der Waals surface area (Å²) in [5.74, 6) is -0.911. The normalized spacial score (nSPS) is 16.4. The zero-order chi connectivity index (χ0) is 23.5. The molecule has 8 heteroatoms. The standard InChI is InChI=1S/C25H22ClFN4O2/c1-15(16-11-13-17(26)14-12-16)28-25(33)30-23-24(32)31(2)21-10-6-4-8-19(21)22(29-23)18-7-3-5-9-20(18)27/h3-15,23H,1-2H3,(H2,28,30,33)/t15-,23?/m1/s1. The van der Waals surface area contributed by atoms with Gasteiger partial charge in [0.1, 0.15) is 5.82 Å². The minimum atomic E-state index is -1.24. The van der Waals surface area contributed by atoms with Crippen molar-refractivity contribution < 1.29 is 14.0 Å². The maximum absolute atomic E-state index is 14.7. The molecule has 1 aliphatic heterocycles. The lowest BCUT2D eigenvalue weighted by Crippen LogP contribution is -2.49. The average molecular weight is 465 g/mol. The van der Waals surface area contributed by atoms with Gasteiger partial charge in [0, 0.05) is 23.2 Å². The number of amides is 3. The van der Waals surface area contributed by atoms with E-state index in [0.717, 1.165) is 5.56 Å². The van der Waals surface area contributed by atoms with E-state index in [0.29, 0.717) is 16.3 Å². The zero-order valence-corrected chi connectivity index (χ0v) is 18.8. The lowest BCUT2D eigenvalue weighted by atomic mass is 10.00. The first kappa shape index (κ1) is 22.5. The molecule has 3 aromatic carbocycles. The van der Waals surface area contributed by atoms with E-state index in [1.165, 1.54) is 11.0 Å². The van der Waals surface area contributed by atoms with Crippen molar-refractivity contribution in [2.24, 2.45) is 4.99 Å². The van der Waals surface area contributed by atoms with Crippen molar-refractivity contribution in [1.29, 1.82) is 0 Å². The number of urea groups is 1. The van der Waals surface area contributed by atoms with Gasteiger partial charge in [-0.15, -0.1) is 0 Å². The summed E-state index contributed by atoms with van der Waals surface area (Å²) in [6, 6.07) is 19.5. The molecular weight excluding hydrogens is 443 g/mol. The Labute approximate surface area is 196 Å². The number of benzene rings is 3. The van der Waals surface area contributed by atoms with Crippen molar-refractivity contribution in [3.8, 4) is 0 Å². The lowest BCUT2D eigenvalue weighted by molar-refractivity contribution is -0.119. The molecule has 0 aromatic heterocycles. The van der Waals surface area contributed by atoms with Crippen molar-refractivity contribution in [2.75, 3.05) is 11.9 Å². The first-order valence-electron chi connectivity index (χ1n) is 10.4. The van der Waals surface area contributed by atoms with Crippen LogP contribution in [0.15, 0.2) is 77.8 Å². The molecule has 0 bridgehead atoms. The van der Waals surface area contributed by atoms with Crippen LogP contribution in [0.3, 0.4) is 0 Å². The number of rotatable bonds is 4. The van der Waals surface area contributed by atoms with Gasteiger partial charge in [0.25, 0.3) is 5.91 Å². The number of nitrogens with zero attached hydrogens (tertiary/aromatic N) is 2. The second-order valence-corrected chi connectivity index (χ2v) is 8.10. The third-order valence-electron chi connectivity index (χ3n) is 5.46. The second kappa shape index (κ2) is 9.42. The Bertz CT molecular complexity index is 1230. The number of hydrogen-bond acceptors (Lipinski definition) is 3. The minimum Gasteiger partial charge on any atom is -0.332 e. The average Bonchev–Trinajstić information content (AvgIpc) is 2.90. The number of nitrogens with one attached hydrogen (secondary N) is 2. The number of carbonyl (C=O) groups excluding carboxylic acids is 2. The van der Waals surface area contributed by atoms with Crippen molar-refractivity contribution >= 4 is 34.9 Å². The molecule has 3 amide bonds. The first-order chi connectivity index (χ1) is 15.8. The van der Waals surface area contributed by atoms with Crippen molar-refractivity contribution in [3.63, 3.8) is 0 Å². The van der Waals surface area contributed by atoms with Gasteiger partial charge in [-0.1, -0.05) is 54.1 Å². The molecule has 0 aliphatic carbocycles. The molecule has 0 saturated carbocycles. The van der Waals surface area contributed by atoms with Gasteiger partial charge in [-0.05, 0) is 42.8 Å². The lowest BCUT2D eigenvalue weighted by Gasteiger charge is -2.22. The zero-order valence-electron chi connectivity index (χ0n) is 18.0. The van der Waals surface area contributed by atoms with Gasteiger partial charge in [0.2, 0.25) is 6.17 Å². The molecule has 0 saturated heterocycles. The summed E-state index contributed by atoms with van der Waals surface area (Å²) in [6.45, 7) is 1.81. The summed E-state index contributed by atoms with van der Waals surface area (Å²) in [5, 5.41) is 6.02. The largest absolute Gasteiger partial charge is 0.332 e. The molecule has 168 valence electrons. The van der Waals surface area contributed by atoms with E-state index in [2.05, 4.69) is 15.6 Å². The Morgan fingerprint density at radius 3 is 2.36 bits per heavy atom. The monoisotopic (exact) mass is 464 g/mol. The highest BCUT2D eigenvalue weighted by atomic mass is 35.5. The quantitative estimate of drug-likeness (QED) is 0.588. The fourth-order valence-electron chi connectivity index (χ4n) is 3.68. The number of likely N-dealkylation sites (N-methyl/N-ethyl adjacent to an activating group) is 1. The maximum Gasteiger partial charge on any atom is 0.317 e. The highest BCUT2D eigenvalue weighted by Crippen LogP contribution is 2.28. The number of carbonyl (C=O) groups is 2. The van der Waals surface area contributed by atoms with Crippen LogP contribution in [-0.2, 0) is 4.79 Å². The van der Waals surface area contributed by atoms with Crippen LogP contribution in [0.4, 0.5) is 14.9 Å². The topological polar surface area (TPSA) is 73.8 Å². The van der Waals surface area contributed by atoms with Crippen LogP contribution in [0.5, 0.6) is 0 Å². The van der Waals surface area contributed by atoms with Crippen LogP contribution in [0.2, 0.25) is 5.02 Å². The van der Waals surface area contributed by atoms with Gasteiger partial charge in [-0.25, -0.2) is 14.2 Å². The summed E-state index contributed by atoms with van der Waals surface area (Å²) in [5.41, 5.74) is 2.55. The summed E-state index contributed by atoms with van der Waals surface area (Å²) in [6.07, 6.45) is -1.24. The molecule has 0 spiro atoms. The van der Waals surface area contributed by atoms with Gasteiger partial charge in [0.15, 0.2) is 0 Å². The third-order valence-corrected chi connectivity index (χ3v) is 5.71. The van der Waals surface area contributed by atoms with Crippen LogP contribution >= 0.6 is 11.6 Å². The molecule has 2 N–H and O–H groups in total. The predicted molar refractivity (Wildman–Crippen MR) is 127 cm³/mol. The SMILES string of the molecule is C[C@@H](NC(=O)NC1N=C(c2ccccc2F)c2ccccc2N(C)C1=O)c1ccc(Cl)cc1. The first-order valence-corrected chi connectivity index (χ1v) is 10.7. The fourth-order valence-corrected chi connectivity index (χ4v) is 3.81. The van der Waals surface area contributed by atoms with Crippen LogP contribution in [0.25, 0.3) is 0 Å². The summed E-state index contributed by atoms with van der Waals surface area (Å²) in [4.78, 5) is 31.8. The van der Waals surface area contributed by atoms with E-state index in [4.69, 9.17) is 11.6 Å². The van der Waals surface area contributed by atoms with Crippen LogP contribution in [-0.4, -0.2) is 30.9 Å². The van der Waals surface area contributed by atoms with E-state index in [1.807, 2.05) is 19.1 Å². The molecule has 6 nitrogen and oxygen atoms in total. The van der Waals surface area contributed by atoms with Crippen LogP contribution in [0, 0.1) is 5.82 Å². The van der Waals surface area contributed by atoms with E-state index < -0.39 is 23.9 Å². The third kappa shape index (κ3) is 4.73. The number of anilines is 1.